The number of hydrogen-bond acceptors (Lipinski definition) is 6. The van der Waals surface area contributed by atoms with Gasteiger partial charge in [0.2, 0.25) is 5.91 Å². The van der Waals surface area contributed by atoms with E-state index < -0.39 is 5.60 Å². The molecule has 196 valence electrons. The largest absolute Gasteiger partial charge is 0.444 e. The highest BCUT2D eigenvalue weighted by atomic mass is 35.5. The number of nitrogens with one attached hydrogen (secondary N) is 3. The molecular formula is C27H33ClN6O3. The van der Waals surface area contributed by atoms with Crippen molar-refractivity contribution in [3.05, 3.63) is 41.8 Å². The van der Waals surface area contributed by atoms with Gasteiger partial charge in [0.1, 0.15) is 22.2 Å². The van der Waals surface area contributed by atoms with Gasteiger partial charge in [0.05, 0.1) is 5.92 Å². The molecule has 0 atom stereocenters. The van der Waals surface area contributed by atoms with Crippen LogP contribution in [-0.2, 0) is 9.53 Å². The number of ether oxygens (including phenoxy) is 1. The molecule has 0 unspecified atom stereocenters. The third-order valence-electron chi connectivity index (χ3n) is 6.89. The van der Waals surface area contributed by atoms with E-state index in [1.165, 1.54) is 0 Å². The van der Waals surface area contributed by atoms with Gasteiger partial charge in [-0.25, -0.2) is 14.8 Å². The van der Waals surface area contributed by atoms with Gasteiger partial charge in [-0.1, -0.05) is 11.6 Å². The van der Waals surface area contributed by atoms with Crippen molar-refractivity contribution >= 4 is 40.5 Å². The molecule has 3 aromatic heterocycles. The van der Waals surface area contributed by atoms with E-state index in [2.05, 4.69) is 25.6 Å². The molecule has 3 N–H and O–H groups in total. The molecule has 4 heterocycles. The second kappa shape index (κ2) is 10.2. The Kier molecular flexibility index (Phi) is 6.98. The number of hydrogen-bond donors (Lipinski definition) is 3. The first-order valence-electron chi connectivity index (χ1n) is 12.8. The van der Waals surface area contributed by atoms with Crippen LogP contribution >= 0.6 is 11.6 Å². The van der Waals surface area contributed by atoms with Crippen LogP contribution in [0.25, 0.3) is 22.2 Å². The fourth-order valence-corrected chi connectivity index (χ4v) is 5.16. The summed E-state index contributed by atoms with van der Waals surface area (Å²) in [7, 11) is 0. The van der Waals surface area contributed by atoms with Crippen molar-refractivity contribution in [1.29, 1.82) is 0 Å². The summed E-state index contributed by atoms with van der Waals surface area (Å²) >= 11 is 6.37. The van der Waals surface area contributed by atoms with Gasteiger partial charge in [-0.15, -0.1) is 0 Å². The Balaban J connectivity index is 1.11. The van der Waals surface area contributed by atoms with E-state index in [-0.39, 0.29) is 30.0 Å². The van der Waals surface area contributed by atoms with Crippen LogP contribution in [0.2, 0.25) is 5.15 Å². The number of likely N-dealkylation sites (tertiary alicyclic amines) is 1. The predicted octanol–water partition coefficient (Wildman–Crippen LogP) is 4.98. The molecular weight excluding hydrogens is 492 g/mol. The smallest absolute Gasteiger partial charge is 0.410 e. The third-order valence-corrected chi connectivity index (χ3v) is 7.08. The highest BCUT2D eigenvalue weighted by molar-refractivity contribution is 6.29. The first-order chi connectivity index (χ1) is 17.6. The molecule has 1 aliphatic heterocycles. The average molecular weight is 525 g/mol. The zero-order chi connectivity index (χ0) is 26.2. The van der Waals surface area contributed by atoms with E-state index in [1.807, 2.05) is 51.2 Å². The van der Waals surface area contributed by atoms with Crippen LogP contribution in [0.1, 0.15) is 46.5 Å². The predicted molar refractivity (Wildman–Crippen MR) is 143 cm³/mol. The molecule has 2 fully saturated rings. The lowest BCUT2D eigenvalue weighted by Gasteiger charge is -2.40. The van der Waals surface area contributed by atoms with E-state index in [4.69, 9.17) is 16.3 Å². The Morgan fingerprint density at radius 1 is 1.14 bits per heavy atom. The van der Waals surface area contributed by atoms with Crippen molar-refractivity contribution in [3.63, 3.8) is 0 Å². The molecule has 0 aromatic carbocycles. The topological polar surface area (TPSA) is 112 Å². The van der Waals surface area contributed by atoms with Gasteiger partial charge in [-0.2, -0.15) is 0 Å². The van der Waals surface area contributed by atoms with Gasteiger partial charge in [0, 0.05) is 48.5 Å². The molecule has 2 aliphatic rings. The number of halogens is 1. The van der Waals surface area contributed by atoms with Crippen molar-refractivity contribution in [2.24, 2.45) is 5.92 Å². The van der Waals surface area contributed by atoms with Crippen molar-refractivity contribution < 1.29 is 14.3 Å². The highest BCUT2D eigenvalue weighted by Crippen LogP contribution is 2.32. The quantitative estimate of drug-likeness (QED) is 0.406. The second-order valence-corrected chi connectivity index (χ2v) is 11.3. The highest BCUT2D eigenvalue weighted by Gasteiger charge is 2.38. The number of H-pyrrole nitrogens is 1. The van der Waals surface area contributed by atoms with Gasteiger partial charge >= 0.3 is 6.09 Å². The van der Waals surface area contributed by atoms with Crippen LogP contribution in [0.4, 0.5) is 10.6 Å². The average Bonchev–Trinajstić information content (AvgIpc) is 3.22. The van der Waals surface area contributed by atoms with E-state index >= 15 is 0 Å². The standard InChI is InChI=1S/C27H33ClN6O3/c1-27(2,3)37-26(36)34-14-17(15-34)25(35)32-19-8-6-18(7-9-19)31-23-12-16(11-22(28)33-23)21-13-30-24-20(21)5-4-10-29-24/h4-5,10-13,17-19H,6-9,14-15H2,1-3H3,(H,29,30)(H,31,33)(H,32,35). The molecule has 5 rings (SSSR count). The molecule has 10 heteroatoms. The van der Waals surface area contributed by atoms with Gasteiger partial charge < -0.3 is 25.3 Å². The number of carbonyl (C=O) groups excluding carboxylic acids is 2. The minimum absolute atomic E-state index is 0.0191. The Morgan fingerprint density at radius 3 is 2.59 bits per heavy atom. The maximum Gasteiger partial charge on any atom is 0.410 e. The van der Waals surface area contributed by atoms with E-state index in [1.54, 1.807) is 11.1 Å². The number of pyridine rings is 2. The number of rotatable bonds is 5. The number of amides is 2. The summed E-state index contributed by atoms with van der Waals surface area (Å²) in [6.07, 6.45) is 6.94. The zero-order valence-corrected chi connectivity index (χ0v) is 22.1. The summed E-state index contributed by atoms with van der Waals surface area (Å²) in [4.78, 5) is 38.4. The molecule has 2 amide bonds. The Hall–Kier alpha value is -3.33. The van der Waals surface area contributed by atoms with Crippen molar-refractivity contribution in [2.45, 2.75) is 64.1 Å². The molecule has 0 radical (unpaired) electrons. The second-order valence-electron chi connectivity index (χ2n) is 10.9. The molecule has 37 heavy (non-hydrogen) atoms. The fraction of sp³-hybridized carbons (Fsp3) is 0.481. The molecule has 1 saturated carbocycles. The van der Waals surface area contributed by atoms with E-state index in [0.29, 0.717) is 18.2 Å². The lowest BCUT2D eigenvalue weighted by molar-refractivity contribution is -0.130. The number of nitrogens with zero attached hydrogens (tertiary/aromatic N) is 3. The summed E-state index contributed by atoms with van der Waals surface area (Å²) in [6, 6.07) is 8.22. The van der Waals surface area contributed by atoms with Crippen LogP contribution in [0.5, 0.6) is 0 Å². The van der Waals surface area contributed by atoms with E-state index in [0.717, 1.165) is 53.7 Å². The van der Waals surface area contributed by atoms with E-state index in [9.17, 15) is 9.59 Å². The molecule has 1 aliphatic carbocycles. The summed E-state index contributed by atoms with van der Waals surface area (Å²) in [5.41, 5.74) is 2.30. The number of aromatic nitrogens is 3. The maximum absolute atomic E-state index is 12.7. The Bertz CT molecular complexity index is 1290. The summed E-state index contributed by atoms with van der Waals surface area (Å²) in [5.74, 6) is 0.590. The minimum atomic E-state index is -0.535. The van der Waals surface area contributed by atoms with Crippen molar-refractivity contribution in [1.82, 2.24) is 25.2 Å². The molecule has 3 aromatic rings. The Labute approximate surface area is 221 Å². The first kappa shape index (κ1) is 25.3. The van der Waals surface area contributed by atoms with Crippen molar-refractivity contribution in [2.75, 3.05) is 18.4 Å². The monoisotopic (exact) mass is 524 g/mol. The summed E-state index contributed by atoms with van der Waals surface area (Å²) in [5, 5.41) is 8.18. The number of aromatic amines is 1. The molecule has 9 nitrogen and oxygen atoms in total. The number of anilines is 1. The first-order valence-corrected chi connectivity index (χ1v) is 13.2. The third kappa shape index (κ3) is 5.98. The Morgan fingerprint density at radius 2 is 1.86 bits per heavy atom. The van der Waals surface area contributed by atoms with Crippen LogP contribution < -0.4 is 10.6 Å². The van der Waals surface area contributed by atoms with Gasteiger partial charge in [0.15, 0.2) is 0 Å². The minimum Gasteiger partial charge on any atom is -0.444 e. The molecule has 0 bridgehead atoms. The van der Waals surface area contributed by atoms with Gasteiger partial charge in [-0.3, -0.25) is 4.79 Å². The van der Waals surface area contributed by atoms with Crippen LogP contribution in [0.15, 0.2) is 36.7 Å². The summed E-state index contributed by atoms with van der Waals surface area (Å²) < 4.78 is 5.37. The lowest BCUT2D eigenvalue weighted by Crippen LogP contribution is -2.58. The fourth-order valence-electron chi connectivity index (χ4n) is 4.95. The van der Waals surface area contributed by atoms with Crippen molar-refractivity contribution in [3.8, 4) is 11.1 Å². The van der Waals surface area contributed by atoms with Gasteiger partial charge in [0.25, 0.3) is 0 Å². The lowest BCUT2D eigenvalue weighted by atomic mass is 9.90. The normalized spacial score (nSPS) is 20.4. The van der Waals surface area contributed by atoms with Crippen LogP contribution in [0.3, 0.4) is 0 Å². The number of fused-ring (bicyclic) bond motifs is 1. The van der Waals surface area contributed by atoms with Gasteiger partial charge in [-0.05, 0) is 76.3 Å². The molecule has 1 saturated heterocycles. The zero-order valence-electron chi connectivity index (χ0n) is 21.4. The summed E-state index contributed by atoms with van der Waals surface area (Å²) in [6.45, 7) is 6.33. The van der Waals surface area contributed by atoms with Crippen LogP contribution in [-0.4, -0.2) is 62.6 Å². The number of carbonyl (C=O) groups is 2. The maximum atomic E-state index is 12.7. The molecule has 0 spiro atoms. The SMILES string of the molecule is CC(C)(C)OC(=O)N1CC(C(=O)NC2CCC(Nc3cc(-c4c[nH]c5ncccc45)cc(Cl)n3)CC2)C1. The van der Waals surface area contributed by atoms with Crippen LogP contribution in [0, 0.1) is 5.92 Å².